The number of rotatable bonds is 3. The standard InChI is InChI=1S/C13H13ClN2O2S/c1-9-5-10(2)7-11(6-9)16-19(17,18)12-3-4-13(14)15-8-12/h3-8,16H,1-2H3. The third kappa shape index (κ3) is 3.45. The molecule has 1 heterocycles. The number of nitrogens with zero attached hydrogens (tertiary/aromatic N) is 1. The van der Waals surface area contributed by atoms with Crippen molar-refractivity contribution in [1.29, 1.82) is 0 Å². The fourth-order valence-corrected chi connectivity index (χ4v) is 2.87. The van der Waals surface area contributed by atoms with Crippen LogP contribution < -0.4 is 4.72 Å². The Balaban J connectivity index is 2.33. The van der Waals surface area contributed by atoms with Crippen LogP contribution in [0.4, 0.5) is 5.69 Å². The largest absolute Gasteiger partial charge is 0.280 e. The second-order valence-corrected chi connectivity index (χ2v) is 6.37. The Bertz CT molecular complexity index is 677. The molecule has 0 atom stereocenters. The average molecular weight is 297 g/mol. The molecule has 0 aliphatic rings. The second-order valence-electron chi connectivity index (χ2n) is 4.30. The van der Waals surface area contributed by atoms with Crippen LogP contribution in [0.2, 0.25) is 5.15 Å². The molecule has 0 aliphatic heterocycles. The summed E-state index contributed by atoms with van der Waals surface area (Å²) in [6.45, 7) is 3.82. The molecule has 0 amide bonds. The molecule has 0 aliphatic carbocycles. The topological polar surface area (TPSA) is 59.1 Å². The van der Waals surface area contributed by atoms with Crippen LogP contribution in [0, 0.1) is 13.8 Å². The predicted molar refractivity (Wildman–Crippen MR) is 76.0 cm³/mol. The van der Waals surface area contributed by atoms with Crippen LogP contribution in [0.5, 0.6) is 0 Å². The highest BCUT2D eigenvalue weighted by Crippen LogP contribution is 2.19. The number of aromatic nitrogens is 1. The molecule has 0 saturated heterocycles. The van der Waals surface area contributed by atoms with Crippen LogP contribution in [0.15, 0.2) is 41.4 Å². The third-order valence-corrected chi connectivity index (χ3v) is 4.07. The Hall–Kier alpha value is -1.59. The summed E-state index contributed by atoms with van der Waals surface area (Å²) in [6.07, 6.45) is 1.23. The van der Waals surface area contributed by atoms with Crippen LogP contribution in [-0.2, 0) is 10.0 Å². The molecular weight excluding hydrogens is 284 g/mol. The van der Waals surface area contributed by atoms with Gasteiger partial charge in [0.1, 0.15) is 10.0 Å². The Morgan fingerprint density at radius 3 is 2.26 bits per heavy atom. The summed E-state index contributed by atoms with van der Waals surface area (Å²) in [7, 11) is -3.63. The van der Waals surface area contributed by atoms with Crippen molar-refractivity contribution in [2.75, 3.05) is 4.72 Å². The summed E-state index contributed by atoms with van der Waals surface area (Å²) >= 11 is 5.64. The van der Waals surface area contributed by atoms with Crippen molar-refractivity contribution in [3.63, 3.8) is 0 Å². The molecule has 2 rings (SSSR count). The van der Waals surface area contributed by atoms with Gasteiger partial charge in [-0.3, -0.25) is 4.72 Å². The van der Waals surface area contributed by atoms with Crippen LogP contribution in [0.3, 0.4) is 0 Å². The van der Waals surface area contributed by atoms with Gasteiger partial charge in [-0.25, -0.2) is 13.4 Å². The molecule has 0 saturated carbocycles. The van der Waals surface area contributed by atoms with Crippen molar-refractivity contribution in [2.45, 2.75) is 18.7 Å². The number of anilines is 1. The highest BCUT2D eigenvalue weighted by molar-refractivity contribution is 7.92. The number of aryl methyl sites for hydroxylation is 2. The zero-order valence-electron chi connectivity index (χ0n) is 10.5. The molecule has 0 spiro atoms. The number of hydrogen-bond acceptors (Lipinski definition) is 3. The van der Waals surface area contributed by atoms with E-state index in [0.29, 0.717) is 5.69 Å². The van der Waals surface area contributed by atoms with E-state index in [0.717, 1.165) is 11.1 Å². The van der Waals surface area contributed by atoms with E-state index in [9.17, 15) is 8.42 Å². The second kappa shape index (κ2) is 5.19. The fraction of sp³-hybridized carbons (Fsp3) is 0.154. The van der Waals surface area contributed by atoms with Crippen molar-refractivity contribution in [1.82, 2.24) is 4.98 Å². The first kappa shape index (κ1) is 13.8. The molecule has 0 fully saturated rings. The zero-order valence-corrected chi connectivity index (χ0v) is 12.1. The van der Waals surface area contributed by atoms with Gasteiger partial charge < -0.3 is 0 Å². The molecule has 2 aromatic rings. The molecule has 1 N–H and O–H groups in total. The van der Waals surface area contributed by atoms with E-state index in [1.54, 1.807) is 12.1 Å². The Morgan fingerprint density at radius 2 is 1.74 bits per heavy atom. The summed E-state index contributed by atoms with van der Waals surface area (Å²) < 4.78 is 26.8. The van der Waals surface area contributed by atoms with Crippen molar-refractivity contribution in [3.8, 4) is 0 Å². The van der Waals surface area contributed by atoms with Gasteiger partial charge in [0, 0.05) is 11.9 Å². The molecular formula is C13H13ClN2O2S. The SMILES string of the molecule is Cc1cc(C)cc(NS(=O)(=O)c2ccc(Cl)nc2)c1. The summed E-state index contributed by atoms with van der Waals surface area (Å²) in [6, 6.07) is 8.38. The van der Waals surface area contributed by atoms with E-state index < -0.39 is 10.0 Å². The van der Waals surface area contributed by atoms with E-state index in [1.165, 1.54) is 18.3 Å². The lowest BCUT2D eigenvalue weighted by molar-refractivity contribution is 0.601. The maximum atomic E-state index is 12.1. The smallest absolute Gasteiger partial charge is 0.263 e. The van der Waals surface area contributed by atoms with Crippen molar-refractivity contribution in [3.05, 3.63) is 52.8 Å². The van der Waals surface area contributed by atoms with E-state index in [4.69, 9.17) is 11.6 Å². The average Bonchev–Trinajstić information content (AvgIpc) is 2.27. The lowest BCUT2D eigenvalue weighted by Gasteiger charge is -2.09. The molecule has 0 bridgehead atoms. The minimum atomic E-state index is -3.63. The molecule has 1 aromatic carbocycles. The Labute approximate surface area is 117 Å². The number of pyridine rings is 1. The monoisotopic (exact) mass is 296 g/mol. The molecule has 0 unspecified atom stereocenters. The number of sulfonamides is 1. The first-order valence-electron chi connectivity index (χ1n) is 5.59. The van der Waals surface area contributed by atoms with Gasteiger partial charge in [-0.15, -0.1) is 0 Å². The van der Waals surface area contributed by atoms with Crippen molar-refractivity contribution < 1.29 is 8.42 Å². The van der Waals surface area contributed by atoms with Gasteiger partial charge in [0.25, 0.3) is 10.0 Å². The molecule has 100 valence electrons. The van der Waals surface area contributed by atoms with E-state index in [1.807, 2.05) is 19.9 Å². The van der Waals surface area contributed by atoms with Crippen LogP contribution in [0.1, 0.15) is 11.1 Å². The minimum Gasteiger partial charge on any atom is -0.280 e. The van der Waals surface area contributed by atoms with Crippen molar-refractivity contribution in [2.24, 2.45) is 0 Å². The summed E-state index contributed by atoms with van der Waals surface area (Å²) in [5.41, 5.74) is 2.52. The van der Waals surface area contributed by atoms with E-state index >= 15 is 0 Å². The van der Waals surface area contributed by atoms with E-state index in [2.05, 4.69) is 9.71 Å². The lowest BCUT2D eigenvalue weighted by Crippen LogP contribution is -2.13. The van der Waals surface area contributed by atoms with Crippen LogP contribution in [-0.4, -0.2) is 13.4 Å². The van der Waals surface area contributed by atoms with Gasteiger partial charge in [-0.2, -0.15) is 0 Å². The van der Waals surface area contributed by atoms with E-state index in [-0.39, 0.29) is 10.0 Å². The Morgan fingerprint density at radius 1 is 1.11 bits per heavy atom. The fourth-order valence-electron chi connectivity index (χ4n) is 1.77. The first-order valence-corrected chi connectivity index (χ1v) is 7.45. The van der Waals surface area contributed by atoms with Gasteiger partial charge in [0.05, 0.1) is 0 Å². The van der Waals surface area contributed by atoms with Gasteiger partial charge in [-0.1, -0.05) is 17.7 Å². The number of benzene rings is 1. The quantitative estimate of drug-likeness (QED) is 0.885. The maximum absolute atomic E-state index is 12.1. The number of hydrogen-bond donors (Lipinski definition) is 1. The zero-order chi connectivity index (χ0) is 14.0. The number of nitrogens with one attached hydrogen (secondary N) is 1. The third-order valence-electron chi connectivity index (χ3n) is 2.48. The Kier molecular flexibility index (Phi) is 3.78. The van der Waals surface area contributed by atoms with Crippen molar-refractivity contribution >= 4 is 27.3 Å². The van der Waals surface area contributed by atoms with Gasteiger partial charge >= 0.3 is 0 Å². The summed E-state index contributed by atoms with van der Waals surface area (Å²) in [4.78, 5) is 3.85. The van der Waals surface area contributed by atoms with Gasteiger partial charge in [0.15, 0.2) is 0 Å². The highest BCUT2D eigenvalue weighted by atomic mass is 35.5. The normalized spacial score (nSPS) is 11.3. The molecule has 0 radical (unpaired) electrons. The maximum Gasteiger partial charge on any atom is 0.263 e. The molecule has 6 heteroatoms. The molecule has 4 nitrogen and oxygen atoms in total. The predicted octanol–water partition coefficient (Wildman–Crippen LogP) is 3.15. The molecule has 19 heavy (non-hydrogen) atoms. The first-order chi connectivity index (χ1) is 8.87. The number of halogens is 1. The molecule has 1 aromatic heterocycles. The highest BCUT2D eigenvalue weighted by Gasteiger charge is 2.14. The lowest BCUT2D eigenvalue weighted by atomic mass is 10.1. The van der Waals surface area contributed by atoms with Crippen LogP contribution >= 0.6 is 11.6 Å². The van der Waals surface area contributed by atoms with Gasteiger partial charge in [-0.05, 0) is 49.2 Å². The minimum absolute atomic E-state index is 0.0797. The summed E-state index contributed by atoms with van der Waals surface area (Å²) in [5.74, 6) is 0. The van der Waals surface area contributed by atoms with Crippen LogP contribution in [0.25, 0.3) is 0 Å². The summed E-state index contributed by atoms with van der Waals surface area (Å²) in [5, 5.41) is 0.255. The van der Waals surface area contributed by atoms with Gasteiger partial charge in [0.2, 0.25) is 0 Å².